The van der Waals surface area contributed by atoms with Gasteiger partial charge >= 0.3 is 0 Å². The monoisotopic (exact) mass is 346 g/mol. The molecule has 3 N–H and O–H groups in total. The summed E-state index contributed by atoms with van der Waals surface area (Å²) in [5.74, 6) is 0.0345. The van der Waals surface area contributed by atoms with Crippen molar-refractivity contribution in [2.45, 2.75) is 18.9 Å². The predicted octanol–water partition coefficient (Wildman–Crippen LogP) is 1.93. The second-order valence-corrected chi connectivity index (χ2v) is 6.38. The van der Waals surface area contributed by atoms with Gasteiger partial charge in [0.15, 0.2) is 0 Å². The highest BCUT2D eigenvalue weighted by Gasteiger charge is 2.25. The van der Waals surface area contributed by atoms with Crippen molar-refractivity contribution >= 4 is 29.1 Å². The molecule has 1 amide bonds. The molecule has 7 heteroatoms. The first-order valence-corrected chi connectivity index (χ1v) is 7.99. The third-order valence-electron chi connectivity index (χ3n) is 3.70. The van der Waals surface area contributed by atoms with E-state index in [2.05, 4.69) is 0 Å². The molecular weight excluding hydrogens is 327 g/mol. The molecule has 5 nitrogen and oxygen atoms in total. The second kappa shape index (κ2) is 8.02. The smallest absolute Gasteiger partial charge is 0.221 e. The van der Waals surface area contributed by atoms with E-state index in [4.69, 9.17) is 33.7 Å². The van der Waals surface area contributed by atoms with Gasteiger partial charge in [0.2, 0.25) is 5.91 Å². The number of hydrogen-bond donors (Lipinski definition) is 2. The Morgan fingerprint density at radius 2 is 2.27 bits per heavy atom. The van der Waals surface area contributed by atoms with Crippen molar-refractivity contribution in [3.8, 4) is 5.75 Å². The van der Waals surface area contributed by atoms with Gasteiger partial charge in [0.05, 0.1) is 10.9 Å². The summed E-state index contributed by atoms with van der Waals surface area (Å²) in [5.41, 5.74) is 5.35. The number of amides is 1. The Morgan fingerprint density at radius 1 is 1.50 bits per heavy atom. The average molecular weight is 347 g/mol. The maximum Gasteiger partial charge on any atom is 0.221 e. The quantitative estimate of drug-likeness (QED) is 0.825. The number of aliphatic hydroxyl groups excluding tert-OH is 1. The number of ether oxygens (including phenoxy) is 1. The van der Waals surface area contributed by atoms with Gasteiger partial charge in [-0.05, 0) is 31.5 Å². The highest BCUT2D eigenvalue weighted by molar-refractivity contribution is 6.34. The molecule has 0 spiro atoms. The van der Waals surface area contributed by atoms with E-state index in [9.17, 15) is 9.90 Å². The SMILES string of the molecule is NC(=O)[C@@H]1CCCN(C[C@@H](O)COc2cc(Cl)ccc2Cl)C1. The van der Waals surface area contributed by atoms with Gasteiger partial charge in [-0.2, -0.15) is 0 Å². The molecule has 2 atom stereocenters. The van der Waals surface area contributed by atoms with Crippen molar-refractivity contribution in [1.29, 1.82) is 0 Å². The predicted molar refractivity (Wildman–Crippen MR) is 86.3 cm³/mol. The van der Waals surface area contributed by atoms with Gasteiger partial charge in [0.25, 0.3) is 0 Å². The first-order valence-electron chi connectivity index (χ1n) is 7.23. The lowest BCUT2D eigenvalue weighted by Gasteiger charge is -2.32. The molecule has 0 unspecified atom stereocenters. The highest BCUT2D eigenvalue weighted by Crippen LogP contribution is 2.27. The van der Waals surface area contributed by atoms with E-state index >= 15 is 0 Å². The number of nitrogens with zero attached hydrogens (tertiary/aromatic N) is 1. The number of hydrogen-bond acceptors (Lipinski definition) is 4. The number of halogens is 2. The molecule has 0 radical (unpaired) electrons. The number of β-amino-alcohol motifs (C(OH)–C–C–N with tert-alkyl or cyclic N) is 1. The van der Waals surface area contributed by atoms with Crippen molar-refractivity contribution < 1.29 is 14.6 Å². The van der Waals surface area contributed by atoms with E-state index in [0.717, 1.165) is 19.4 Å². The molecule has 22 heavy (non-hydrogen) atoms. The number of carbonyl (C=O) groups excluding carboxylic acids is 1. The van der Waals surface area contributed by atoms with Crippen LogP contribution in [0.15, 0.2) is 18.2 Å². The standard InChI is InChI=1S/C15H20Cl2N2O3/c16-11-3-4-13(17)14(6-11)22-9-12(20)8-19-5-1-2-10(7-19)15(18)21/h3-4,6,10,12,20H,1-2,5,7-9H2,(H2,18,21)/t10-,12-/m1/s1. The summed E-state index contributed by atoms with van der Waals surface area (Å²) >= 11 is 11.9. The van der Waals surface area contributed by atoms with Gasteiger partial charge in [0, 0.05) is 24.2 Å². The maximum absolute atomic E-state index is 11.2. The van der Waals surface area contributed by atoms with Crippen molar-refractivity contribution in [2.24, 2.45) is 11.7 Å². The maximum atomic E-state index is 11.2. The summed E-state index contributed by atoms with van der Waals surface area (Å²) in [5, 5.41) is 11.1. The van der Waals surface area contributed by atoms with Crippen LogP contribution in [-0.4, -0.2) is 48.3 Å². The minimum atomic E-state index is -0.679. The van der Waals surface area contributed by atoms with Crippen LogP contribution in [0.5, 0.6) is 5.75 Å². The number of rotatable bonds is 6. The van der Waals surface area contributed by atoms with E-state index in [1.807, 2.05) is 4.90 Å². The Hall–Kier alpha value is -1.01. The van der Waals surface area contributed by atoms with Crippen molar-refractivity contribution in [1.82, 2.24) is 4.90 Å². The Bertz CT molecular complexity index is 528. The molecule has 1 heterocycles. The van der Waals surface area contributed by atoms with Gasteiger partial charge in [0.1, 0.15) is 18.5 Å². The fourth-order valence-electron chi connectivity index (χ4n) is 2.58. The lowest BCUT2D eigenvalue weighted by Crippen LogP contribution is -2.45. The summed E-state index contributed by atoms with van der Waals surface area (Å²) in [6.45, 7) is 1.98. The molecule has 0 aromatic heterocycles. The van der Waals surface area contributed by atoms with E-state index in [0.29, 0.717) is 28.9 Å². The average Bonchev–Trinajstić information content (AvgIpc) is 2.48. The lowest BCUT2D eigenvalue weighted by atomic mass is 9.97. The Balaban J connectivity index is 1.81. The molecule has 1 aliphatic heterocycles. The second-order valence-electron chi connectivity index (χ2n) is 5.54. The lowest BCUT2D eigenvalue weighted by molar-refractivity contribution is -0.123. The summed E-state index contributed by atoms with van der Waals surface area (Å²) in [6, 6.07) is 4.93. The van der Waals surface area contributed by atoms with E-state index in [-0.39, 0.29) is 18.4 Å². The number of primary amides is 1. The van der Waals surface area contributed by atoms with Crippen LogP contribution in [0.1, 0.15) is 12.8 Å². The number of likely N-dealkylation sites (tertiary alicyclic amines) is 1. The van der Waals surface area contributed by atoms with Gasteiger partial charge in [-0.3, -0.25) is 9.69 Å². The van der Waals surface area contributed by atoms with Crippen molar-refractivity contribution in [3.63, 3.8) is 0 Å². The number of nitrogens with two attached hydrogens (primary N) is 1. The van der Waals surface area contributed by atoms with Crippen LogP contribution in [0.3, 0.4) is 0 Å². The van der Waals surface area contributed by atoms with Gasteiger partial charge < -0.3 is 15.6 Å². The molecule has 1 aliphatic rings. The number of piperidine rings is 1. The van der Waals surface area contributed by atoms with Crippen LogP contribution in [0.25, 0.3) is 0 Å². The number of carbonyl (C=O) groups is 1. The van der Waals surface area contributed by atoms with Crippen molar-refractivity contribution in [3.05, 3.63) is 28.2 Å². The molecule has 0 saturated carbocycles. The normalized spacial score (nSPS) is 20.6. The summed E-state index contributed by atoms with van der Waals surface area (Å²) in [7, 11) is 0. The van der Waals surface area contributed by atoms with Gasteiger partial charge in [-0.1, -0.05) is 23.2 Å². The fraction of sp³-hybridized carbons (Fsp3) is 0.533. The van der Waals surface area contributed by atoms with E-state index in [1.165, 1.54) is 0 Å². The molecule has 1 aromatic carbocycles. The zero-order valence-electron chi connectivity index (χ0n) is 12.2. The van der Waals surface area contributed by atoms with Crippen LogP contribution in [0.4, 0.5) is 0 Å². The largest absolute Gasteiger partial charge is 0.489 e. The molecule has 2 rings (SSSR count). The third kappa shape index (κ3) is 5.02. The summed E-state index contributed by atoms with van der Waals surface area (Å²) in [4.78, 5) is 13.3. The molecule has 1 aromatic rings. The van der Waals surface area contributed by atoms with Crippen LogP contribution in [-0.2, 0) is 4.79 Å². The van der Waals surface area contributed by atoms with Crippen LogP contribution < -0.4 is 10.5 Å². The molecule has 122 valence electrons. The van der Waals surface area contributed by atoms with Crippen LogP contribution in [0.2, 0.25) is 10.0 Å². The van der Waals surface area contributed by atoms with Crippen LogP contribution >= 0.6 is 23.2 Å². The third-order valence-corrected chi connectivity index (χ3v) is 4.25. The van der Waals surface area contributed by atoms with Crippen molar-refractivity contribution in [2.75, 3.05) is 26.2 Å². The Morgan fingerprint density at radius 3 is 3.00 bits per heavy atom. The highest BCUT2D eigenvalue weighted by atomic mass is 35.5. The molecule has 0 aliphatic carbocycles. The van der Waals surface area contributed by atoms with Gasteiger partial charge in [-0.15, -0.1) is 0 Å². The molecule has 0 bridgehead atoms. The Kier molecular flexibility index (Phi) is 6.32. The minimum Gasteiger partial charge on any atom is -0.489 e. The summed E-state index contributed by atoms with van der Waals surface area (Å²) in [6.07, 6.45) is 1.04. The molecular formula is C15H20Cl2N2O3. The number of aliphatic hydroxyl groups is 1. The van der Waals surface area contributed by atoms with E-state index < -0.39 is 6.10 Å². The Labute approximate surface area is 139 Å². The zero-order valence-corrected chi connectivity index (χ0v) is 13.7. The van der Waals surface area contributed by atoms with Crippen LogP contribution in [0, 0.1) is 5.92 Å². The fourth-order valence-corrected chi connectivity index (χ4v) is 2.91. The topological polar surface area (TPSA) is 75.8 Å². The molecule has 1 saturated heterocycles. The zero-order chi connectivity index (χ0) is 16.1. The van der Waals surface area contributed by atoms with Gasteiger partial charge in [-0.25, -0.2) is 0 Å². The minimum absolute atomic E-state index is 0.109. The first kappa shape index (κ1) is 17.3. The summed E-state index contributed by atoms with van der Waals surface area (Å²) < 4.78 is 5.51. The first-order chi connectivity index (χ1) is 10.5. The number of benzene rings is 1. The van der Waals surface area contributed by atoms with E-state index in [1.54, 1.807) is 18.2 Å². The molecule has 1 fully saturated rings.